The van der Waals surface area contributed by atoms with Crippen LogP contribution >= 0.6 is 0 Å². The number of benzene rings is 7. The van der Waals surface area contributed by atoms with Crippen molar-refractivity contribution in [2.24, 2.45) is 9.98 Å². The third kappa shape index (κ3) is 4.76. The van der Waals surface area contributed by atoms with Gasteiger partial charge in [-0.3, -0.25) is 9.98 Å². The van der Waals surface area contributed by atoms with Gasteiger partial charge in [-0.15, -0.1) is 0 Å². The average Bonchev–Trinajstić information content (AvgIpc) is 3.86. The van der Waals surface area contributed by atoms with E-state index in [-0.39, 0.29) is 5.84 Å². The first-order chi connectivity index (χ1) is 25.2. The summed E-state index contributed by atoms with van der Waals surface area (Å²) in [6.07, 6.45) is 1.82. The summed E-state index contributed by atoms with van der Waals surface area (Å²) < 4.78 is 14.5. The maximum Gasteiger partial charge on any atom is 0.236 e. The summed E-state index contributed by atoms with van der Waals surface area (Å²) in [6.45, 7) is 0. The van der Waals surface area contributed by atoms with E-state index in [0.717, 1.165) is 82.4 Å². The Bertz CT molecular complexity index is 3000. The van der Waals surface area contributed by atoms with Crippen molar-refractivity contribution in [3.05, 3.63) is 169 Å². The monoisotopic (exact) mass is 656 g/mol. The smallest absolute Gasteiger partial charge is 0.236 e. The van der Waals surface area contributed by atoms with Crippen LogP contribution in [0.2, 0.25) is 0 Å². The van der Waals surface area contributed by atoms with E-state index < -0.39 is 0 Å². The molecule has 10 rings (SSSR count). The lowest BCUT2D eigenvalue weighted by Gasteiger charge is -2.08. The highest BCUT2D eigenvalue weighted by molar-refractivity contribution is 6.18. The van der Waals surface area contributed by atoms with Crippen LogP contribution < -0.4 is 0 Å². The van der Waals surface area contributed by atoms with Gasteiger partial charge in [-0.25, -0.2) is 4.99 Å². The number of rotatable bonds is 3. The largest absolute Gasteiger partial charge is 0.456 e. The van der Waals surface area contributed by atoms with Gasteiger partial charge in [-0.2, -0.15) is 4.99 Å². The zero-order valence-electron chi connectivity index (χ0n) is 27.2. The van der Waals surface area contributed by atoms with Crippen molar-refractivity contribution in [3.63, 3.8) is 0 Å². The van der Waals surface area contributed by atoms with Gasteiger partial charge in [-0.1, -0.05) is 103 Å². The van der Waals surface area contributed by atoms with Crippen molar-refractivity contribution in [1.82, 2.24) is 4.57 Å². The molecule has 0 saturated carbocycles. The molecule has 0 amide bonds. The summed E-state index contributed by atoms with van der Waals surface area (Å²) in [7, 11) is 0. The van der Waals surface area contributed by atoms with Gasteiger partial charge in [-0.05, 0) is 71.3 Å². The number of para-hydroxylation sites is 3. The van der Waals surface area contributed by atoms with Crippen molar-refractivity contribution in [1.29, 1.82) is 5.41 Å². The van der Waals surface area contributed by atoms with Crippen molar-refractivity contribution in [3.8, 4) is 11.1 Å². The Morgan fingerprint density at radius 1 is 0.529 bits per heavy atom. The van der Waals surface area contributed by atoms with Crippen LogP contribution in [-0.2, 0) is 0 Å². The minimum absolute atomic E-state index is 0.133. The molecule has 0 aliphatic heterocycles. The lowest BCUT2D eigenvalue weighted by molar-refractivity contribution is 0.669. The van der Waals surface area contributed by atoms with Crippen LogP contribution in [-0.4, -0.2) is 22.6 Å². The van der Waals surface area contributed by atoms with Crippen molar-refractivity contribution >= 4 is 83.7 Å². The highest BCUT2D eigenvalue weighted by atomic mass is 16.3. The van der Waals surface area contributed by atoms with E-state index in [0.29, 0.717) is 11.5 Å². The highest BCUT2D eigenvalue weighted by Gasteiger charge is 2.17. The topological polar surface area (TPSA) is 79.8 Å². The van der Waals surface area contributed by atoms with Crippen LogP contribution in [0.1, 0.15) is 11.1 Å². The zero-order chi connectivity index (χ0) is 33.9. The standard InChI is InChI=1S/C45H28N4O2/c46-44(29-11-2-1-3-12-29)48-45(49-37-17-7-4-13-32(37)33-14-5-8-18-38(33)49)47-27-28-21-23-40-35(25-28)36-26-30(22-24-41(36)50-40)31-16-10-20-42-43(31)34-15-6-9-19-39(34)51-42/h1-27,46H/b46-44?,47-27+,48-45+. The molecule has 3 heterocycles. The quantitative estimate of drug-likeness (QED) is 0.152. The lowest BCUT2D eigenvalue weighted by Crippen LogP contribution is -2.12. The summed E-state index contributed by atoms with van der Waals surface area (Å²) in [5.41, 5.74) is 9.10. The predicted molar refractivity (Wildman–Crippen MR) is 210 cm³/mol. The fourth-order valence-corrected chi connectivity index (χ4v) is 7.23. The molecule has 0 aliphatic rings. The van der Waals surface area contributed by atoms with Crippen molar-refractivity contribution in [2.75, 3.05) is 0 Å². The Labute approximate surface area is 291 Å². The fraction of sp³-hybridized carbons (Fsp3) is 0. The lowest BCUT2D eigenvalue weighted by atomic mass is 9.98. The third-order valence-electron chi connectivity index (χ3n) is 9.58. The van der Waals surface area contributed by atoms with Gasteiger partial charge in [0.25, 0.3) is 0 Å². The Morgan fingerprint density at radius 3 is 1.92 bits per heavy atom. The molecule has 0 aliphatic carbocycles. The molecule has 0 saturated heterocycles. The maximum atomic E-state index is 8.92. The Kier molecular flexibility index (Phi) is 6.54. The van der Waals surface area contributed by atoms with E-state index in [2.05, 4.69) is 54.6 Å². The number of nitrogens with one attached hydrogen (secondary N) is 1. The van der Waals surface area contributed by atoms with Gasteiger partial charge in [0.15, 0.2) is 5.84 Å². The molecule has 6 nitrogen and oxygen atoms in total. The summed E-state index contributed by atoms with van der Waals surface area (Å²) in [4.78, 5) is 9.83. The fourth-order valence-electron chi connectivity index (χ4n) is 7.23. The molecule has 6 heteroatoms. The minimum atomic E-state index is 0.133. The second-order valence-electron chi connectivity index (χ2n) is 12.6. The first-order valence-electron chi connectivity index (χ1n) is 16.8. The van der Waals surface area contributed by atoms with Gasteiger partial charge in [0, 0.05) is 44.1 Å². The van der Waals surface area contributed by atoms with Crippen molar-refractivity contribution < 1.29 is 8.83 Å². The number of amidine groups is 1. The number of hydrogen-bond acceptors (Lipinski definition) is 3. The summed E-state index contributed by atoms with van der Waals surface area (Å²) >= 11 is 0. The number of furan rings is 2. The molecule has 0 atom stereocenters. The maximum absolute atomic E-state index is 8.92. The molecule has 0 bridgehead atoms. The predicted octanol–water partition coefficient (Wildman–Crippen LogP) is 11.6. The SMILES string of the molecule is N=C(/N=C(\N=C\c1ccc2oc3ccc(-c4cccc5oc6ccccc6c45)cc3c2c1)n1c2ccccc2c2ccccc21)c1ccccc1. The first kappa shape index (κ1) is 28.9. The minimum Gasteiger partial charge on any atom is -0.456 e. The molecule has 0 unspecified atom stereocenters. The number of fused-ring (bicyclic) bond motifs is 9. The van der Waals surface area contributed by atoms with E-state index in [4.69, 9.17) is 24.2 Å². The normalized spacial score (nSPS) is 12.4. The molecule has 7 aromatic carbocycles. The molecule has 10 aromatic rings. The van der Waals surface area contributed by atoms with E-state index in [1.807, 2.05) is 114 Å². The zero-order valence-corrected chi connectivity index (χ0v) is 27.2. The number of hydrogen-bond donors (Lipinski definition) is 1. The van der Waals surface area contributed by atoms with E-state index in [1.165, 1.54) is 0 Å². The average molecular weight is 657 g/mol. The van der Waals surface area contributed by atoms with Crippen LogP contribution in [0.25, 0.3) is 76.8 Å². The Morgan fingerprint density at radius 2 is 1.14 bits per heavy atom. The number of nitrogens with zero attached hydrogens (tertiary/aromatic N) is 3. The van der Waals surface area contributed by atoms with Gasteiger partial charge in [0.1, 0.15) is 22.3 Å². The van der Waals surface area contributed by atoms with Crippen molar-refractivity contribution in [2.45, 2.75) is 0 Å². The van der Waals surface area contributed by atoms with Crippen LogP contribution in [0, 0.1) is 5.41 Å². The second-order valence-corrected chi connectivity index (χ2v) is 12.6. The van der Waals surface area contributed by atoms with E-state index in [1.54, 1.807) is 0 Å². The molecule has 0 fully saturated rings. The summed E-state index contributed by atoms with van der Waals surface area (Å²) in [6, 6.07) is 52.8. The number of aliphatic imine (C=N–C) groups is 2. The van der Waals surface area contributed by atoms with Gasteiger partial charge >= 0.3 is 0 Å². The van der Waals surface area contributed by atoms with E-state index >= 15 is 0 Å². The van der Waals surface area contributed by atoms with Gasteiger partial charge in [0.2, 0.25) is 5.96 Å². The molecule has 1 N–H and O–H groups in total. The van der Waals surface area contributed by atoms with E-state index in [9.17, 15) is 0 Å². The second kappa shape index (κ2) is 11.5. The van der Waals surface area contributed by atoms with Crippen LogP contribution in [0.15, 0.2) is 177 Å². The first-order valence-corrected chi connectivity index (χ1v) is 16.8. The Hall–Kier alpha value is -7.05. The Balaban J connectivity index is 1.11. The summed E-state index contributed by atoms with van der Waals surface area (Å²) in [5, 5.41) is 15.3. The van der Waals surface area contributed by atoms with Gasteiger partial charge in [0.05, 0.1) is 11.0 Å². The molecular weight excluding hydrogens is 629 g/mol. The molecule has 3 aromatic heterocycles. The molecular formula is C45H28N4O2. The molecule has 51 heavy (non-hydrogen) atoms. The third-order valence-corrected chi connectivity index (χ3v) is 9.58. The molecule has 0 spiro atoms. The van der Waals surface area contributed by atoms with Crippen LogP contribution in [0.4, 0.5) is 0 Å². The van der Waals surface area contributed by atoms with Gasteiger partial charge < -0.3 is 8.83 Å². The van der Waals surface area contributed by atoms with Crippen LogP contribution in [0.3, 0.4) is 0 Å². The highest BCUT2D eigenvalue weighted by Crippen LogP contribution is 2.39. The summed E-state index contributed by atoms with van der Waals surface area (Å²) in [5.74, 6) is 0.537. The van der Waals surface area contributed by atoms with Crippen LogP contribution in [0.5, 0.6) is 0 Å². The molecule has 240 valence electrons. The molecule has 0 radical (unpaired) electrons. The number of aromatic nitrogens is 1.